The second-order valence-electron chi connectivity index (χ2n) is 4.50. The van der Waals surface area contributed by atoms with E-state index in [1.54, 1.807) is 24.3 Å². The van der Waals surface area contributed by atoms with Crippen LogP contribution in [0.4, 0.5) is 10.1 Å². The summed E-state index contributed by atoms with van der Waals surface area (Å²) in [6, 6.07) is 12.7. The summed E-state index contributed by atoms with van der Waals surface area (Å²) in [6.45, 7) is -0.0853. The number of rotatable bonds is 4. The van der Waals surface area contributed by atoms with Crippen molar-refractivity contribution >= 4 is 11.7 Å². The second-order valence-corrected chi connectivity index (χ2v) is 4.50. The summed E-state index contributed by atoms with van der Waals surface area (Å²) in [5, 5.41) is 8.75. The van der Waals surface area contributed by atoms with Crippen LogP contribution in [0.5, 0.6) is 0 Å². The highest BCUT2D eigenvalue weighted by Gasteiger charge is 2.08. The van der Waals surface area contributed by atoms with Crippen LogP contribution in [0.3, 0.4) is 0 Å². The number of ether oxygens (including phenoxy) is 1. The highest BCUT2D eigenvalue weighted by molar-refractivity contribution is 5.74. The van der Waals surface area contributed by atoms with Gasteiger partial charge in [-0.3, -0.25) is 4.79 Å². The molecule has 2 rings (SSSR count). The van der Waals surface area contributed by atoms with Crippen LogP contribution < -0.4 is 5.73 Å². The first-order valence-corrected chi connectivity index (χ1v) is 6.27. The van der Waals surface area contributed by atoms with Gasteiger partial charge in [-0.2, -0.15) is 5.26 Å². The highest BCUT2D eigenvalue weighted by atomic mass is 19.1. The van der Waals surface area contributed by atoms with Gasteiger partial charge in [0.25, 0.3) is 0 Å². The summed E-state index contributed by atoms with van der Waals surface area (Å²) in [5.41, 5.74) is 7.56. The van der Waals surface area contributed by atoms with Crippen LogP contribution in [0.15, 0.2) is 42.5 Å². The lowest BCUT2D eigenvalue weighted by Crippen LogP contribution is -2.09. The topological polar surface area (TPSA) is 76.1 Å². The Labute approximate surface area is 121 Å². The molecule has 2 aromatic carbocycles. The molecule has 0 bridgehead atoms. The van der Waals surface area contributed by atoms with E-state index in [0.717, 1.165) is 6.07 Å². The molecular weight excluding hydrogens is 271 g/mol. The maximum atomic E-state index is 13.2. The van der Waals surface area contributed by atoms with Crippen molar-refractivity contribution in [3.05, 3.63) is 65.0 Å². The van der Waals surface area contributed by atoms with E-state index in [-0.39, 0.29) is 18.6 Å². The average Bonchev–Trinajstić information content (AvgIpc) is 2.47. The number of esters is 1. The van der Waals surface area contributed by atoms with Crippen LogP contribution in [0.25, 0.3) is 0 Å². The molecule has 0 aliphatic rings. The predicted molar refractivity (Wildman–Crippen MR) is 75.5 cm³/mol. The van der Waals surface area contributed by atoms with E-state index in [0.29, 0.717) is 16.8 Å². The Morgan fingerprint density at radius 3 is 2.76 bits per heavy atom. The van der Waals surface area contributed by atoms with Gasteiger partial charge in [-0.1, -0.05) is 18.2 Å². The largest absolute Gasteiger partial charge is 0.461 e. The van der Waals surface area contributed by atoms with Gasteiger partial charge in [0.05, 0.1) is 18.1 Å². The fourth-order valence-electron chi connectivity index (χ4n) is 1.86. The standard InChI is InChI=1S/C16H13FN2O2/c17-14-6-11(9-18)5-12(7-14)10-21-16(20)8-13-3-1-2-4-15(13)19/h1-7H,8,10,19H2. The van der Waals surface area contributed by atoms with Crippen LogP contribution in [-0.4, -0.2) is 5.97 Å². The van der Waals surface area contributed by atoms with Gasteiger partial charge in [0.15, 0.2) is 0 Å². The molecule has 0 radical (unpaired) electrons. The smallest absolute Gasteiger partial charge is 0.310 e. The molecule has 0 fully saturated rings. The van der Waals surface area contributed by atoms with Gasteiger partial charge in [-0.05, 0) is 35.4 Å². The lowest BCUT2D eigenvalue weighted by Gasteiger charge is -2.07. The van der Waals surface area contributed by atoms with Crippen LogP contribution in [-0.2, 0) is 22.6 Å². The summed E-state index contributed by atoms with van der Waals surface area (Å²) in [7, 11) is 0. The summed E-state index contributed by atoms with van der Waals surface area (Å²) in [6.07, 6.45) is 0.0487. The molecule has 0 amide bonds. The quantitative estimate of drug-likeness (QED) is 0.691. The van der Waals surface area contributed by atoms with Gasteiger partial charge in [0.1, 0.15) is 12.4 Å². The van der Waals surface area contributed by atoms with Crippen molar-refractivity contribution in [1.82, 2.24) is 0 Å². The van der Waals surface area contributed by atoms with E-state index in [4.69, 9.17) is 15.7 Å². The number of nitrogens with zero attached hydrogens (tertiary/aromatic N) is 1. The maximum absolute atomic E-state index is 13.2. The summed E-state index contributed by atoms with van der Waals surface area (Å²) < 4.78 is 18.3. The molecule has 0 aliphatic carbocycles. The number of nitriles is 1. The van der Waals surface area contributed by atoms with Gasteiger partial charge in [-0.15, -0.1) is 0 Å². The van der Waals surface area contributed by atoms with E-state index < -0.39 is 11.8 Å². The molecule has 0 saturated heterocycles. The lowest BCUT2D eigenvalue weighted by atomic mass is 10.1. The van der Waals surface area contributed by atoms with E-state index in [2.05, 4.69) is 0 Å². The zero-order valence-corrected chi connectivity index (χ0v) is 11.2. The summed E-state index contributed by atoms with van der Waals surface area (Å²) in [4.78, 5) is 11.7. The van der Waals surface area contributed by atoms with Gasteiger partial charge in [0, 0.05) is 5.69 Å². The third-order valence-electron chi connectivity index (χ3n) is 2.88. The molecule has 2 N–H and O–H groups in total. The maximum Gasteiger partial charge on any atom is 0.310 e. The Morgan fingerprint density at radius 2 is 2.05 bits per heavy atom. The SMILES string of the molecule is N#Cc1cc(F)cc(COC(=O)Cc2ccccc2N)c1. The summed E-state index contributed by atoms with van der Waals surface area (Å²) in [5.74, 6) is -0.997. The second kappa shape index (κ2) is 6.53. The van der Waals surface area contributed by atoms with Crippen LogP contribution in [0.1, 0.15) is 16.7 Å². The Morgan fingerprint density at radius 1 is 1.29 bits per heavy atom. The zero-order chi connectivity index (χ0) is 15.2. The number of nitrogens with two attached hydrogens (primary N) is 1. The molecule has 0 atom stereocenters. The Balaban J connectivity index is 1.97. The normalized spacial score (nSPS) is 9.90. The molecule has 21 heavy (non-hydrogen) atoms. The minimum absolute atomic E-state index is 0.0487. The van der Waals surface area contributed by atoms with Gasteiger partial charge >= 0.3 is 5.97 Å². The van der Waals surface area contributed by atoms with Crippen molar-refractivity contribution < 1.29 is 13.9 Å². The van der Waals surface area contributed by atoms with E-state index in [9.17, 15) is 9.18 Å². The molecule has 106 valence electrons. The van der Waals surface area contributed by atoms with Crippen LogP contribution in [0, 0.1) is 17.1 Å². The van der Waals surface area contributed by atoms with Crippen molar-refractivity contribution in [2.75, 3.05) is 5.73 Å². The van der Waals surface area contributed by atoms with Crippen molar-refractivity contribution in [3.63, 3.8) is 0 Å². The molecule has 0 aliphatic heterocycles. The number of nitrogen functional groups attached to an aromatic ring is 1. The minimum atomic E-state index is -0.535. The fraction of sp³-hybridized carbons (Fsp3) is 0.125. The fourth-order valence-corrected chi connectivity index (χ4v) is 1.86. The van der Waals surface area contributed by atoms with Gasteiger partial charge in [0.2, 0.25) is 0 Å². The third kappa shape index (κ3) is 4.05. The number of para-hydroxylation sites is 1. The Hall–Kier alpha value is -2.87. The first-order valence-electron chi connectivity index (χ1n) is 6.27. The van der Waals surface area contributed by atoms with Crippen molar-refractivity contribution in [3.8, 4) is 6.07 Å². The average molecular weight is 284 g/mol. The number of halogens is 1. The molecule has 0 saturated carbocycles. The third-order valence-corrected chi connectivity index (χ3v) is 2.88. The summed E-state index contributed by atoms with van der Waals surface area (Å²) >= 11 is 0. The molecule has 4 nitrogen and oxygen atoms in total. The van der Waals surface area contributed by atoms with E-state index >= 15 is 0 Å². The molecule has 0 aromatic heterocycles. The number of carbonyl (C=O) groups excluding carboxylic acids is 1. The van der Waals surface area contributed by atoms with Crippen molar-refractivity contribution in [1.29, 1.82) is 5.26 Å². The van der Waals surface area contributed by atoms with E-state index in [1.165, 1.54) is 12.1 Å². The lowest BCUT2D eigenvalue weighted by molar-refractivity contribution is -0.144. The number of hydrogen-bond acceptors (Lipinski definition) is 4. The van der Waals surface area contributed by atoms with E-state index in [1.807, 2.05) is 6.07 Å². The predicted octanol–water partition coefficient (Wildman–Crippen LogP) is 2.57. The monoisotopic (exact) mass is 284 g/mol. The van der Waals surface area contributed by atoms with Gasteiger partial charge in [-0.25, -0.2) is 4.39 Å². The van der Waals surface area contributed by atoms with Crippen LogP contribution >= 0.6 is 0 Å². The molecule has 2 aromatic rings. The number of benzene rings is 2. The molecule has 0 heterocycles. The highest BCUT2D eigenvalue weighted by Crippen LogP contribution is 2.13. The van der Waals surface area contributed by atoms with Crippen molar-refractivity contribution in [2.45, 2.75) is 13.0 Å². The van der Waals surface area contributed by atoms with Crippen LogP contribution in [0.2, 0.25) is 0 Å². The molecule has 5 heteroatoms. The first-order chi connectivity index (χ1) is 10.1. The molecule has 0 unspecified atom stereocenters. The first kappa shape index (κ1) is 14.5. The Bertz CT molecular complexity index is 708. The number of carbonyl (C=O) groups is 1. The number of hydrogen-bond donors (Lipinski definition) is 1. The van der Waals surface area contributed by atoms with Crippen molar-refractivity contribution in [2.24, 2.45) is 0 Å². The molecule has 0 spiro atoms. The van der Waals surface area contributed by atoms with Gasteiger partial charge < -0.3 is 10.5 Å². The Kier molecular flexibility index (Phi) is 4.52. The molecular formula is C16H13FN2O2. The zero-order valence-electron chi connectivity index (χ0n) is 11.2. The minimum Gasteiger partial charge on any atom is -0.461 e. The number of anilines is 1.